The van der Waals surface area contributed by atoms with Gasteiger partial charge in [-0.05, 0) is 73.6 Å². The van der Waals surface area contributed by atoms with Crippen LogP contribution in [0.15, 0.2) is 41.8 Å². The van der Waals surface area contributed by atoms with Crippen molar-refractivity contribution in [3.05, 3.63) is 47.4 Å². The number of nitrogens with one attached hydrogen (secondary N) is 1. The van der Waals surface area contributed by atoms with Crippen LogP contribution in [0.5, 0.6) is 5.75 Å². The average molecular weight is 434 g/mol. The maximum Gasteiger partial charge on any atom is 0.303 e. The second-order valence-corrected chi connectivity index (χ2v) is 9.90. The Hall–Kier alpha value is -2.12. The highest BCUT2D eigenvalue weighted by Crippen LogP contribution is 2.46. The molecule has 3 saturated carbocycles. The van der Waals surface area contributed by atoms with Gasteiger partial charge in [-0.1, -0.05) is 30.7 Å². The lowest BCUT2D eigenvalue weighted by molar-refractivity contribution is -0.137. The minimum absolute atomic E-state index is 0.0447. The Morgan fingerprint density at radius 1 is 1.23 bits per heavy atom. The number of hydrogen-bond donors (Lipinski definition) is 2. The van der Waals surface area contributed by atoms with Crippen molar-refractivity contribution in [2.45, 2.75) is 51.0 Å². The maximum atomic E-state index is 12.6. The first-order valence-corrected chi connectivity index (χ1v) is 12.1. The van der Waals surface area contributed by atoms with E-state index in [9.17, 15) is 13.2 Å². The van der Waals surface area contributed by atoms with E-state index in [2.05, 4.69) is 16.9 Å². The highest BCUT2D eigenvalue weighted by Gasteiger charge is 2.42. The number of aliphatic carboxylic acids is 1. The topological polar surface area (TPSA) is 92.7 Å². The first kappa shape index (κ1) is 22.6. The number of carboxylic acid groups (broad SMARTS) is 1. The zero-order chi connectivity index (χ0) is 21.6. The summed E-state index contributed by atoms with van der Waals surface area (Å²) in [6.07, 6.45) is 11.6. The van der Waals surface area contributed by atoms with Crippen LogP contribution < -0.4 is 9.46 Å². The maximum absolute atomic E-state index is 12.6. The Morgan fingerprint density at radius 2 is 2.00 bits per heavy atom. The summed E-state index contributed by atoms with van der Waals surface area (Å²) in [5.74, 6) is 1.17. The lowest BCUT2D eigenvalue weighted by Gasteiger charge is -2.46. The van der Waals surface area contributed by atoms with E-state index in [4.69, 9.17) is 9.84 Å². The molecule has 1 aromatic carbocycles. The van der Waals surface area contributed by atoms with Crippen LogP contribution in [0.4, 0.5) is 0 Å². The Kier molecular flexibility index (Phi) is 7.72. The number of unbranched alkanes of at least 4 members (excludes halogenated alkanes) is 1. The Morgan fingerprint density at radius 3 is 2.67 bits per heavy atom. The fourth-order valence-electron chi connectivity index (χ4n) is 4.70. The summed E-state index contributed by atoms with van der Waals surface area (Å²) >= 11 is 0. The summed E-state index contributed by atoms with van der Waals surface area (Å²) < 4.78 is 33.3. The first-order chi connectivity index (χ1) is 14.4. The SMILES string of the molecule is COc1ccc(/C=C/S(=O)(=O)NC2CC3CCC2C(/C=C/CCCC(=O)O)C3)cc1. The molecule has 0 saturated heterocycles. The number of fused-ring (bicyclic) bond motifs is 3. The fraction of sp³-hybridized carbons (Fsp3) is 0.522. The molecule has 30 heavy (non-hydrogen) atoms. The summed E-state index contributed by atoms with van der Waals surface area (Å²) in [5, 5.41) is 9.97. The molecule has 7 heteroatoms. The largest absolute Gasteiger partial charge is 0.497 e. The van der Waals surface area contributed by atoms with Crippen molar-refractivity contribution in [1.29, 1.82) is 0 Å². The van der Waals surface area contributed by atoms with Crippen LogP contribution in [-0.2, 0) is 14.8 Å². The Bertz CT molecular complexity index is 875. The molecular formula is C23H31NO5S. The quantitative estimate of drug-likeness (QED) is 0.426. The number of ether oxygens (including phenoxy) is 1. The van der Waals surface area contributed by atoms with Gasteiger partial charge in [-0.3, -0.25) is 4.79 Å². The molecule has 0 heterocycles. The molecule has 4 unspecified atom stereocenters. The zero-order valence-electron chi connectivity index (χ0n) is 17.4. The number of hydrogen-bond acceptors (Lipinski definition) is 4. The molecule has 3 aliphatic rings. The molecule has 6 nitrogen and oxygen atoms in total. The normalized spacial score (nSPS) is 26.4. The van der Waals surface area contributed by atoms with Gasteiger partial charge in [-0.25, -0.2) is 13.1 Å². The van der Waals surface area contributed by atoms with Crippen molar-refractivity contribution in [2.75, 3.05) is 7.11 Å². The Balaban J connectivity index is 1.58. The average Bonchev–Trinajstić information content (AvgIpc) is 2.72. The molecule has 0 spiro atoms. The number of allylic oxidation sites excluding steroid dienone is 2. The molecule has 0 aliphatic heterocycles. The van der Waals surface area contributed by atoms with Crippen molar-refractivity contribution in [2.24, 2.45) is 17.8 Å². The van der Waals surface area contributed by atoms with E-state index in [1.807, 2.05) is 12.1 Å². The molecule has 2 bridgehead atoms. The number of carboxylic acids is 1. The van der Waals surface area contributed by atoms with Crippen LogP contribution in [0.3, 0.4) is 0 Å². The van der Waals surface area contributed by atoms with Crippen LogP contribution in [0, 0.1) is 17.8 Å². The van der Waals surface area contributed by atoms with E-state index >= 15 is 0 Å². The van der Waals surface area contributed by atoms with Crippen molar-refractivity contribution in [1.82, 2.24) is 4.72 Å². The third-order valence-electron chi connectivity index (χ3n) is 6.18. The third-order valence-corrected chi connectivity index (χ3v) is 7.31. The molecule has 3 aliphatic carbocycles. The fourth-order valence-corrected chi connectivity index (χ4v) is 5.81. The van der Waals surface area contributed by atoms with Crippen LogP contribution in [0.1, 0.15) is 50.5 Å². The molecule has 0 aromatic heterocycles. The van der Waals surface area contributed by atoms with Gasteiger partial charge in [0.2, 0.25) is 10.0 Å². The minimum Gasteiger partial charge on any atom is -0.497 e. The molecule has 4 rings (SSSR count). The number of sulfonamides is 1. The second kappa shape index (κ2) is 10.3. The van der Waals surface area contributed by atoms with Crippen molar-refractivity contribution in [3.63, 3.8) is 0 Å². The second-order valence-electron chi connectivity index (χ2n) is 8.30. The molecule has 3 fully saturated rings. The smallest absolute Gasteiger partial charge is 0.303 e. The van der Waals surface area contributed by atoms with Gasteiger partial charge in [-0.2, -0.15) is 0 Å². The minimum atomic E-state index is -3.53. The predicted molar refractivity (Wildman–Crippen MR) is 117 cm³/mol. The highest BCUT2D eigenvalue weighted by molar-refractivity contribution is 7.92. The number of carbonyl (C=O) groups is 1. The number of methoxy groups -OCH3 is 1. The van der Waals surface area contributed by atoms with E-state index in [1.54, 1.807) is 25.3 Å². The van der Waals surface area contributed by atoms with Crippen molar-refractivity contribution >= 4 is 22.1 Å². The van der Waals surface area contributed by atoms with Gasteiger partial charge in [-0.15, -0.1) is 0 Å². The van der Waals surface area contributed by atoms with E-state index < -0.39 is 16.0 Å². The van der Waals surface area contributed by atoms with Gasteiger partial charge in [0.05, 0.1) is 7.11 Å². The summed E-state index contributed by atoms with van der Waals surface area (Å²) in [7, 11) is -1.94. The zero-order valence-corrected chi connectivity index (χ0v) is 18.2. The van der Waals surface area contributed by atoms with Gasteiger partial charge >= 0.3 is 5.97 Å². The van der Waals surface area contributed by atoms with E-state index in [-0.39, 0.29) is 12.5 Å². The summed E-state index contributed by atoms with van der Waals surface area (Å²) in [4.78, 5) is 10.6. The first-order valence-electron chi connectivity index (χ1n) is 10.6. The molecule has 0 radical (unpaired) electrons. The molecule has 164 valence electrons. The van der Waals surface area contributed by atoms with Gasteiger partial charge < -0.3 is 9.84 Å². The number of rotatable bonds is 10. The Labute approximate surface area is 179 Å². The van der Waals surface area contributed by atoms with E-state index in [0.29, 0.717) is 24.2 Å². The molecule has 2 N–H and O–H groups in total. The van der Waals surface area contributed by atoms with Gasteiger partial charge in [0.1, 0.15) is 5.75 Å². The highest BCUT2D eigenvalue weighted by atomic mass is 32.2. The van der Waals surface area contributed by atoms with Crippen molar-refractivity contribution in [3.8, 4) is 5.75 Å². The lowest BCUT2D eigenvalue weighted by Crippen LogP contribution is -2.49. The molecule has 4 atom stereocenters. The van der Waals surface area contributed by atoms with Gasteiger partial charge in [0, 0.05) is 17.9 Å². The van der Waals surface area contributed by atoms with Crippen LogP contribution in [-0.4, -0.2) is 32.6 Å². The number of benzene rings is 1. The van der Waals surface area contributed by atoms with E-state index in [0.717, 1.165) is 43.4 Å². The summed E-state index contributed by atoms with van der Waals surface area (Å²) in [6, 6.07) is 7.19. The predicted octanol–water partition coefficient (Wildman–Crippen LogP) is 4.20. The molecule has 0 amide bonds. The van der Waals surface area contributed by atoms with Gasteiger partial charge in [0.15, 0.2) is 0 Å². The lowest BCUT2D eigenvalue weighted by atomic mass is 9.62. The summed E-state index contributed by atoms with van der Waals surface area (Å²) in [5.41, 5.74) is 0.800. The molecule has 1 aromatic rings. The van der Waals surface area contributed by atoms with Crippen molar-refractivity contribution < 1.29 is 23.1 Å². The van der Waals surface area contributed by atoms with E-state index in [1.165, 1.54) is 5.41 Å². The monoisotopic (exact) mass is 433 g/mol. The molecular weight excluding hydrogens is 402 g/mol. The third kappa shape index (κ3) is 6.44. The van der Waals surface area contributed by atoms with Crippen LogP contribution in [0.25, 0.3) is 6.08 Å². The van der Waals surface area contributed by atoms with Crippen LogP contribution >= 0.6 is 0 Å². The van der Waals surface area contributed by atoms with Gasteiger partial charge in [0.25, 0.3) is 0 Å². The standard InChI is InChI=1S/C23H31NO5S/c1-29-20-10-7-17(8-11-20)13-14-30(27,28)24-22-16-18-9-12-21(22)19(15-18)5-3-2-4-6-23(25)26/h3,5,7-8,10-11,13-14,18-19,21-22,24H,2,4,6,9,12,15-16H2,1H3,(H,25,26)/b5-3+,14-13+. The summed E-state index contributed by atoms with van der Waals surface area (Å²) in [6.45, 7) is 0. The van der Waals surface area contributed by atoms with Crippen LogP contribution in [0.2, 0.25) is 0 Å².